The van der Waals surface area contributed by atoms with Crippen molar-refractivity contribution in [2.75, 3.05) is 11.6 Å². The van der Waals surface area contributed by atoms with E-state index in [9.17, 15) is 13.2 Å². The molecule has 1 heterocycles. The quantitative estimate of drug-likeness (QED) is 0.447. The number of carbonyl (C=O) groups is 1. The van der Waals surface area contributed by atoms with Gasteiger partial charge in [-0.15, -0.1) is 11.3 Å². The Balaban J connectivity index is 1.48. The summed E-state index contributed by atoms with van der Waals surface area (Å²) < 4.78 is 23.9. The normalized spacial score (nSPS) is 11.3. The van der Waals surface area contributed by atoms with Gasteiger partial charge in [0.25, 0.3) is 5.91 Å². The van der Waals surface area contributed by atoms with Crippen LogP contribution in [0, 0.1) is 0 Å². The Bertz CT molecular complexity index is 1310. The van der Waals surface area contributed by atoms with Crippen LogP contribution >= 0.6 is 11.3 Å². The lowest BCUT2D eigenvalue weighted by Gasteiger charge is -2.07. The Hall–Kier alpha value is -3.29. The van der Waals surface area contributed by atoms with E-state index in [1.54, 1.807) is 12.1 Å². The highest BCUT2D eigenvalue weighted by Gasteiger charge is 2.19. The van der Waals surface area contributed by atoms with Gasteiger partial charge in [0, 0.05) is 17.2 Å². The fourth-order valence-corrected chi connectivity index (χ4v) is 4.83. The number of thiazole rings is 1. The lowest BCUT2D eigenvalue weighted by Crippen LogP contribution is -2.15. The average Bonchev–Trinajstić information content (AvgIpc) is 3.23. The number of hydrogen-bond acceptors (Lipinski definition) is 5. The molecule has 5 nitrogen and oxygen atoms in total. The van der Waals surface area contributed by atoms with Crippen molar-refractivity contribution in [1.29, 1.82) is 0 Å². The van der Waals surface area contributed by atoms with Crippen LogP contribution in [0.2, 0.25) is 0 Å². The van der Waals surface area contributed by atoms with Crippen molar-refractivity contribution in [3.8, 4) is 11.3 Å². The maximum atomic E-state index is 12.6. The van der Waals surface area contributed by atoms with Gasteiger partial charge < -0.3 is 0 Å². The first-order valence-electron chi connectivity index (χ1n) is 9.59. The van der Waals surface area contributed by atoms with E-state index in [-0.39, 0.29) is 10.5 Å². The maximum absolute atomic E-state index is 12.6. The topological polar surface area (TPSA) is 76.1 Å². The molecule has 0 atom stereocenters. The molecular formula is C24H20N2O3S2. The molecule has 0 saturated carbocycles. The zero-order valence-corrected chi connectivity index (χ0v) is 18.4. The van der Waals surface area contributed by atoms with Crippen LogP contribution in [0.15, 0.2) is 89.1 Å². The summed E-state index contributed by atoms with van der Waals surface area (Å²) in [5.74, 6) is -0.500. The first kappa shape index (κ1) is 21.0. The van der Waals surface area contributed by atoms with Crippen molar-refractivity contribution < 1.29 is 13.2 Å². The highest BCUT2D eigenvalue weighted by atomic mass is 32.2. The standard InChI is InChI=1S/C24H20N2O3S2/c1-31(28,29)22-10-6-5-9-20(22)23(27)26-24-25-21(16-30-24)19-13-11-18(12-14-19)15-17-7-3-2-4-8-17/h2-14,16H,15H2,1H3,(H,25,26,27). The molecule has 1 N–H and O–H groups in total. The Labute approximate surface area is 185 Å². The Kier molecular flexibility index (Phi) is 5.97. The predicted molar refractivity (Wildman–Crippen MR) is 124 cm³/mol. The van der Waals surface area contributed by atoms with Gasteiger partial charge in [-0.1, -0.05) is 66.7 Å². The summed E-state index contributed by atoms with van der Waals surface area (Å²) >= 11 is 1.30. The van der Waals surface area contributed by atoms with Gasteiger partial charge in [0.05, 0.1) is 16.2 Å². The highest BCUT2D eigenvalue weighted by molar-refractivity contribution is 7.90. The number of benzene rings is 3. The van der Waals surface area contributed by atoms with Crippen molar-refractivity contribution in [3.63, 3.8) is 0 Å². The molecule has 7 heteroatoms. The molecule has 0 aliphatic carbocycles. The predicted octanol–water partition coefficient (Wildman–Crippen LogP) is 5.06. The van der Waals surface area contributed by atoms with Crippen LogP contribution < -0.4 is 5.32 Å². The molecule has 0 spiro atoms. The largest absolute Gasteiger partial charge is 0.298 e. The number of sulfone groups is 1. The minimum Gasteiger partial charge on any atom is -0.298 e. The second kappa shape index (κ2) is 8.83. The van der Waals surface area contributed by atoms with E-state index >= 15 is 0 Å². The van der Waals surface area contributed by atoms with Crippen LogP contribution in [0.5, 0.6) is 0 Å². The van der Waals surface area contributed by atoms with Crippen LogP contribution in [0.25, 0.3) is 11.3 Å². The molecule has 0 unspecified atom stereocenters. The second-order valence-corrected chi connectivity index (χ2v) is 9.96. The number of amides is 1. The third-order valence-electron chi connectivity index (χ3n) is 4.76. The zero-order chi connectivity index (χ0) is 21.8. The van der Waals surface area contributed by atoms with E-state index in [2.05, 4.69) is 34.6 Å². The second-order valence-electron chi connectivity index (χ2n) is 7.12. The maximum Gasteiger partial charge on any atom is 0.258 e. The minimum absolute atomic E-state index is 0.00159. The molecule has 1 aromatic heterocycles. The van der Waals surface area contributed by atoms with Gasteiger partial charge in [0.2, 0.25) is 0 Å². The SMILES string of the molecule is CS(=O)(=O)c1ccccc1C(=O)Nc1nc(-c2ccc(Cc3ccccc3)cc2)cs1. The number of rotatable bonds is 6. The molecule has 0 saturated heterocycles. The van der Waals surface area contributed by atoms with Crippen LogP contribution in [-0.2, 0) is 16.3 Å². The monoisotopic (exact) mass is 448 g/mol. The van der Waals surface area contributed by atoms with Crippen molar-refractivity contribution in [1.82, 2.24) is 4.98 Å². The van der Waals surface area contributed by atoms with Crippen LogP contribution in [-0.4, -0.2) is 25.6 Å². The molecule has 3 aromatic carbocycles. The van der Waals surface area contributed by atoms with Crippen LogP contribution in [0.1, 0.15) is 21.5 Å². The van der Waals surface area contributed by atoms with Gasteiger partial charge in [0.1, 0.15) is 0 Å². The Morgan fingerprint density at radius 3 is 2.26 bits per heavy atom. The van der Waals surface area contributed by atoms with Crippen LogP contribution in [0.3, 0.4) is 0 Å². The number of aromatic nitrogens is 1. The summed E-state index contributed by atoms with van der Waals surface area (Å²) in [6.07, 6.45) is 1.95. The van der Waals surface area contributed by atoms with Gasteiger partial charge in [-0.2, -0.15) is 0 Å². The van der Waals surface area contributed by atoms with Crippen LogP contribution in [0.4, 0.5) is 5.13 Å². The molecule has 0 radical (unpaired) electrons. The minimum atomic E-state index is -3.51. The number of carbonyl (C=O) groups excluding carboxylic acids is 1. The average molecular weight is 449 g/mol. The van der Waals surface area contributed by atoms with E-state index in [1.807, 2.05) is 35.7 Å². The highest BCUT2D eigenvalue weighted by Crippen LogP contribution is 2.26. The first-order chi connectivity index (χ1) is 14.9. The van der Waals surface area contributed by atoms with Crippen molar-refractivity contribution in [2.45, 2.75) is 11.3 Å². The van der Waals surface area contributed by atoms with E-state index in [0.717, 1.165) is 23.9 Å². The summed E-state index contributed by atoms with van der Waals surface area (Å²) in [5.41, 5.74) is 4.26. The molecule has 31 heavy (non-hydrogen) atoms. The fraction of sp³-hybridized carbons (Fsp3) is 0.0833. The van der Waals surface area contributed by atoms with Gasteiger partial charge >= 0.3 is 0 Å². The summed E-state index contributed by atoms with van der Waals surface area (Å²) in [5, 5.41) is 4.99. The number of nitrogens with zero attached hydrogens (tertiary/aromatic N) is 1. The molecular weight excluding hydrogens is 428 g/mol. The number of anilines is 1. The van der Waals surface area contributed by atoms with E-state index in [1.165, 1.54) is 34.6 Å². The van der Waals surface area contributed by atoms with E-state index in [0.29, 0.717) is 5.13 Å². The van der Waals surface area contributed by atoms with E-state index in [4.69, 9.17) is 0 Å². The van der Waals surface area contributed by atoms with Gasteiger partial charge in [-0.25, -0.2) is 13.4 Å². The molecule has 4 rings (SSSR count). The summed E-state index contributed by atoms with van der Waals surface area (Å²) in [4.78, 5) is 17.1. The van der Waals surface area contributed by atoms with Gasteiger partial charge in [-0.05, 0) is 29.7 Å². The molecule has 0 bridgehead atoms. The third kappa shape index (κ3) is 5.07. The van der Waals surface area contributed by atoms with Gasteiger partial charge in [0.15, 0.2) is 15.0 Å². The molecule has 156 valence electrons. The number of nitrogens with one attached hydrogen (secondary N) is 1. The van der Waals surface area contributed by atoms with Crippen molar-refractivity contribution >= 4 is 32.2 Å². The zero-order valence-electron chi connectivity index (χ0n) is 16.8. The molecule has 0 aliphatic heterocycles. The van der Waals surface area contributed by atoms with Gasteiger partial charge in [-0.3, -0.25) is 10.1 Å². The number of hydrogen-bond donors (Lipinski definition) is 1. The lowest BCUT2D eigenvalue weighted by atomic mass is 10.0. The summed E-state index contributed by atoms with van der Waals surface area (Å²) in [6, 6.07) is 24.6. The molecule has 0 aliphatic rings. The van der Waals surface area contributed by atoms with E-state index < -0.39 is 15.7 Å². The first-order valence-corrected chi connectivity index (χ1v) is 12.4. The Morgan fingerprint density at radius 2 is 1.55 bits per heavy atom. The smallest absolute Gasteiger partial charge is 0.258 e. The van der Waals surface area contributed by atoms with Crippen molar-refractivity contribution in [2.24, 2.45) is 0 Å². The molecule has 0 fully saturated rings. The third-order valence-corrected chi connectivity index (χ3v) is 6.67. The summed E-state index contributed by atoms with van der Waals surface area (Å²) in [6.45, 7) is 0. The van der Waals surface area contributed by atoms with Crippen molar-refractivity contribution in [3.05, 3.63) is 101 Å². The fourth-order valence-electron chi connectivity index (χ4n) is 3.23. The molecule has 4 aromatic rings. The Morgan fingerprint density at radius 1 is 0.903 bits per heavy atom. The molecule has 1 amide bonds. The summed E-state index contributed by atoms with van der Waals surface area (Å²) in [7, 11) is -3.51. The lowest BCUT2D eigenvalue weighted by molar-refractivity contribution is 0.102.